The van der Waals surface area contributed by atoms with Crippen LogP contribution >= 0.6 is 0 Å². The molecule has 0 fully saturated rings. The highest BCUT2D eigenvalue weighted by Crippen LogP contribution is 2.30. The molecule has 0 atom stereocenters. The lowest BCUT2D eigenvalue weighted by molar-refractivity contribution is -0.0797. The minimum atomic E-state index is -4.14. The molecule has 4 nitrogen and oxygen atoms in total. The fourth-order valence-electron chi connectivity index (χ4n) is 1.92. The highest BCUT2D eigenvalue weighted by Gasteiger charge is 2.57. The Morgan fingerprint density at radius 1 is 0.514 bits per heavy atom. The highest BCUT2D eigenvalue weighted by molar-refractivity contribution is 6.95. The molecule has 0 heterocycles. The van der Waals surface area contributed by atoms with Crippen molar-refractivity contribution in [3.8, 4) is 0 Å². The first-order chi connectivity index (χ1) is 15.3. The second kappa shape index (κ2) is 13.4. The topological polar surface area (TPSA) is 36.9 Å². The van der Waals surface area contributed by atoms with Crippen molar-refractivity contribution in [2.75, 3.05) is 0 Å². The molecule has 204 valence electrons. The van der Waals surface area contributed by atoms with Crippen molar-refractivity contribution in [1.82, 2.24) is 0 Å². The summed E-state index contributed by atoms with van der Waals surface area (Å²) in [6, 6.07) is 0. The van der Waals surface area contributed by atoms with E-state index in [-0.39, 0.29) is 0 Å². The molecule has 0 saturated carbocycles. The Balaban J connectivity index is 0. The van der Waals surface area contributed by atoms with Gasteiger partial charge >= 0.3 is 15.2 Å². The summed E-state index contributed by atoms with van der Waals surface area (Å²) in [6.45, 7) is 37.8. The van der Waals surface area contributed by atoms with Crippen LogP contribution in [0.1, 0.15) is 0 Å². The van der Waals surface area contributed by atoms with E-state index < -0.39 is 56.6 Å². The molecule has 0 amide bonds. The van der Waals surface area contributed by atoms with Gasteiger partial charge in [-0.3, -0.25) is 0 Å². The van der Waals surface area contributed by atoms with Crippen molar-refractivity contribution < 1.29 is 29.6 Å². The quantitative estimate of drug-likeness (QED) is 0.200. The van der Waals surface area contributed by atoms with Crippen LogP contribution in [-0.2, 0) is 16.5 Å². The molecule has 0 aromatic carbocycles. The number of alkyl halides is 3. The molecule has 0 aromatic rings. The van der Waals surface area contributed by atoms with Gasteiger partial charge in [-0.15, -0.1) is 26.3 Å². The number of rotatable bonds is 13. The van der Waals surface area contributed by atoms with Gasteiger partial charge in [0, 0.05) is 6.08 Å². The van der Waals surface area contributed by atoms with Gasteiger partial charge in [0.25, 0.3) is 0 Å². The summed E-state index contributed by atoms with van der Waals surface area (Å²) in [5, 5.41) is 0. The van der Waals surface area contributed by atoms with Gasteiger partial charge < -0.3 is 16.5 Å². The zero-order valence-electron chi connectivity index (χ0n) is 23.6. The van der Waals surface area contributed by atoms with Gasteiger partial charge in [0.15, 0.2) is 0 Å². The third-order valence-electron chi connectivity index (χ3n) is 4.29. The maximum atomic E-state index is 11.5. The van der Waals surface area contributed by atoms with E-state index in [0.717, 1.165) is 0 Å². The van der Waals surface area contributed by atoms with Crippen molar-refractivity contribution in [2.24, 2.45) is 0 Å². The lowest BCUT2D eigenvalue weighted by atomic mass is 10.6. The molecule has 0 N–H and O–H groups in total. The van der Waals surface area contributed by atoms with E-state index in [9.17, 15) is 13.2 Å². The van der Waals surface area contributed by atoms with E-state index in [4.69, 9.17) is 16.5 Å². The summed E-state index contributed by atoms with van der Waals surface area (Å²) in [5.74, 6) is 0. The molecule has 0 spiro atoms. The Morgan fingerprint density at radius 3 is 0.857 bits per heavy atom. The van der Waals surface area contributed by atoms with Crippen molar-refractivity contribution >= 4 is 50.4 Å². The van der Waals surface area contributed by atoms with Crippen LogP contribution in [0.4, 0.5) is 13.2 Å². The summed E-state index contributed by atoms with van der Waals surface area (Å²) in [4.78, 5) is 0. The van der Waals surface area contributed by atoms with E-state index in [0.29, 0.717) is 6.08 Å². The van der Waals surface area contributed by atoms with E-state index in [2.05, 4.69) is 78.7 Å². The maximum Gasteiger partial charge on any atom is 0.637 e. The van der Waals surface area contributed by atoms with Crippen LogP contribution in [0.5, 0.6) is 0 Å². The van der Waals surface area contributed by atoms with E-state index in [1.807, 2.05) is 42.4 Å². The summed E-state index contributed by atoms with van der Waals surface area (Å²) in [7, 11) is -14.1. The third kappa shape index (κ3) is 18.5. The van der Waals surface area contributed by atoms with Crippen LogP contribution in [0, 0.1) is 0 Å². The van der Waals surface area contributed by atoms with Crippen LogP contribution in [0.3, 0.4) is 0 Å². The fraction of sp³-hybridized carbons (Fsp3) is 0.545. The fourth-order valence-corrected chi connectivity index (χ4v) is 17.5. The van der Waals surface area contributed by atoms with Crippen LogP contribution in [-0.4, -0.2) is 56.6 Å². The van der Waals surface area contributed by atoms with Gasteiger partial charge in [-0.05, 0) is 52.4 Å². The molecule has 0 radical (unpaired) electrons. The maximum absolute atomic E-state index is 11.5. The first-order valence-electron chi connectivity index (χ1n) is 11.4. The number of allylic oxidation sites excluding steroid dienone is 1. The Kier molecular flexibility index (Phi) is 14.1. The molecule has 0 saturated heterocycles. The Morgan fingerprint density at radius 2 is 0.743 bits per heavy atom. The molecule has 35 heavy (non-hydrogen) atoms. The molecule has 0 aliphatic carbocycles. The van der Waals surface area contributed by atoms with Gasteiger partial charge in [-0.2, -0.15) is 13.2 Å². The highest BCUT2D eigenvalue weighted by atomic mass is 28.5. The SMILES string of the molecule is C=C[Si](C)(C)O[Si](O[Si](C)(C)C=C)(O[Si](C)(C)C=C)O[Si](C)(C)C=C.C[Si](C)(C)C=CC(F)(F)F. The van der Waals surface area contributed by atoms with Crippen LogP contribution < -0.4 is 0 Å². The lowest BCUT2D eigenvalue weighted by Gasteiger charge is -2.44. The van der Waals surface area contributed by atoms with Crippen LogP contribution in [0.2, 0.25) is 72.0 Å². The first-order valence-corrected chi connectivity index (χ1v) is 28.6. The average molecular weight is 601 g/mol. The van der Waals surface area contributed by atoms with Gasteiger partial charge in [0.05, 0.1) is 8.07 Å². The predicted octanol–water partition coefficient (Wildman–Crippen LogP) is 8.19. The second-order valence-electron chi connectivity index (χ2n) is 11.4. The van der Waals surface area contributed by atoms with Crippen LogP contribution in [0.15, 0.2) is 60.9 Å². The van der Waals surface area contributed by atoms with Crippen LogP contribution in [0.25, 0.3) is 0 Å². The Labute approximate surface area is 218 Å². The number of hydrogen-bond donors (Lipinski definition) is 0. The lowest BCUT2D eigenvalue weighted by Crippen LogP contribution is -2.66. The first kappa shape index (κ1) is 36.8. The van der Waals surface area contributed by atoms with Gasteiger partial charge in [0.1, 0.15) is 0 Å². The standard InChI is InChI=1S/C16H36O4Si5.C6H11F3Si/c1-13-21(5,6)17-25(18-22(7,8)14-2,19-23(9,10)15-3)20-24(11,12)16-4;1-10(2,3)5-4-6(7,8)9/h13-16H,1-4H2,5-12H3;4-5H,1-3H3. The summed E-state index contributed by atoms with van der Waals surface area (Å²) >= 11 is 0. The monoisotopic (exact) mass is 600 g/mol. The molecular weight excluding hydrogens is 554 g/mol. The normalized spacial score (nSPS) is 14.2. The second-order valence-corrected chi connectivity index (χ2v) is 35.2. The average Bonchev–Trinajstić information content (AvgIpc) is 2.64. The Hall–Kier alpha value is -0.369. The molecule has 0 aliphatic rings. The zero-order valence-corrected chi connectivity index (χ0v) is 29.6. The van der Waals surface area contributed by atoms with Crippen molar-refractivity contribution in [3.05, 3.63) is 60.9 Å². The molecule has 0 bridgehead atoms. The minimum absolute atomic E-state index is 0.333. The summed E-state index contributed by atoms with van der Waals surface area (Å²) < 4.78 is 60.7. The van der Waals surface area contributed by atoms with E-state index in [1.165, 1.54) is 5.70 Å². The zero-order chi connectivity index (χ0) is 28.6. The largest absolute Gasteiger partial charge is 0.637 e. The number of hydrogen-bond acceptors (Lipinski definition) is 4. The number of halogens is 3. The summed E-state index contributed by atoms with van der Waals surface area (Å²) in [6.07, 6.45) is -3.81. The predicted molar refractivity (Wildman–Crippen MR) is 159 cm³/mol. The van der Waals surface area contributed by atoms with Gasteiger partial charge in [-0.1, -0.05) is 48.1 Å². The van der Waals surface area contributed by atoms with Crippen molar-refractivity contribution in [3.63, 3.8) is 0 Å². The Bertz CT molecular complexity index is 648. The molecule has 0 rings (SSSR count). The molecule has 0 aromatic heterocycles. The van der Waals surface area contributed by atoms with Crippen molar-refractivity contribution in [2.45, 2.75) is 78.2 Å². The van der Waals surface area contributed by atoms with E-state index in [1.54, 1.807) is 0 Å². The van der Waals surface area contributed by atoms with Gasteiger partial charge in [0.2, 0.25) is 33.3 Å². The summed E-state index contributed by atoms with van der Waals surface area (Å²) in [5.41, 5.74) is 8.78. The molecule has 0 aliphatic heterocycles. The molecular formula is C22H47F3O4Si6. The van der Waals surface area contributed by atoms with E-state index >= 15 is 0 Å². The van der Waals surface area contributed by atoms with Crippen molar-refractivity contribution in [1.29, 1.82) is 0 Å². The minimum Gasteiger partial charge on any atom is -0.392 e. The molecule has 0 unspecified atom stereocenters. The molecule has 13 heteroatoms. The van der Waals surface area contributed by atoms with Gasteiger partial charge in [-0.25, -0.2) is 0 Å². The third-order valence-corrected chi connectivity index (χ3v) is 21.8. The smallest absolute Gasteiger partial charge is 0.392 e.